The molecule has 0 atom stereocenters. The lowest BCUT2D eigenvalue weighted by Gasteiger charge is -2.04. The maximum atomic E-state index is 2.41. The molecule has 0 nitrogen and oxygen atoms in total. The van der Waals surface area contributed by atoms with E-state index in [9.17, 15) is 0 Å². The van der Waals surface area contributed by atoms with Gasteiger partial charge in [0.2, 0.25) is 0 Å². The van der Waals surface area contributed by atoms with E-state index in [4.69, 9.17) is 0 Å². The second kappa shape index (κ2) is 28.7. The minimum Gasteiger partial charge on any atom is -0.0885 e. The summed E-state index contributed by atoms with van der Waals surface area (Å²) < 4.78 is 0. The van der Waals surface area contributed by atoms with Crippen molar-refractivity contribution in [3.63, 3.8) is 0 Å². The first-order chi connectivity index (χ1) is 14.9. The van der Waals surface area contributed by atoms with Gasteiger partial charge in [0.25, 0.3) is 0 Å². The lowest BCUT2D eigenvalue weighted by Crippen LogP contribution is -1.84. The second-order valence-electron chi connectivity index (χ2n) is 9.83. The summed E-state index contributed by atoms with van der Waals surface area (Å²) in [4.78, 5) is 0. The average Bonchev–Trinajstić information content (AvgIpc) is 2.76. The molecule has 0 spiro atoms. The highest BCUT2D eigenvalue weighted by Gasteiger charge is 1.95. The van der Waals surface area contributed by atoms with Gasteiger partial charge >= 0.3 is 0 Å². The van der Waals surface area contributed by atoms with Crippen LogP contribution in [0.15, 0.2) is 12.2 Å². The minimum atomic E-state index is 1.29. The molecule has 0 fully saturated rings. The molecule has 0 aromatic carbocycles. The van der Waals surface area contributed by atoms with Crippen LogP contribution in [0.2, 0.25) is 0 Å². The summed E-state index contributed by atoms with van der Waals surface area (Å²) in [7, 11) is 0. The molecule has 0 saturated heterocycles. The Hall–Kier alpha value is -0.260. The van der Waals surface area contributed by atoms with Gasteiger partial charge in [-0.25, -0.2) is 0 Å². The Kier molecular flexibility index (Phi) is 28.5. The number of hydrogen-bond donors (Lipinski definition) is 0. The highest BCUT2D eigenvalue weighted by molar-refractivity contribution is 4.81. The van der Waals surface area contributed by atoms with Gasteiger partial charge in [0, 0.05) is 0 Å². The molecular weight excluding hydrogens is 360 g/mol. The van der Waals surface area contributed by atoms with Crippen LogP contribution < -0.4 is 0 Å². The van der Waals surface area contributed by atoms with Gasteiger partial charge in [-0.15, -0.1) is 0 Å². The maximum Gasteiger partial charge on any atom is -0.0351 e. The van der Waals surface area contributed by atoms with Gasteiger partial charge in [0.15, 0.2) is 0 Å². The summed E-state index contributed by atoms with van der Waals surface area (Å²) in [5, 5.41) is 0. The highest BCUT2D eigenvalue weighted by atomic mass is 14.0. The molecule has 0 rings (SSSR count). The lowest BCUT2D eigenvalue weighted by atomic mass is 10.0. The first kappa shape index (κ1) is 29.7. The summed E-state index contributed by atoms with van der Waals surface area (Å²) in [6, 6.07) is 0. The van der Waals surface area contributed by atoms with Crippen molar-refractivity contribution in [1.82, 2.24) is 0 Å². The van der Waals surface area contributed by atoms with Crippen molar-refractivity contribution >= 4 is 0 Å². The van der Waals surface area contributed by atoms with Crippen LogP contribution in [0.1, 0.15) is 181 Å². The fraction of sp³-hybridized carbons (Fsp3) is 0.933. The first-order valence-electron chi connectivity index (χ1n) is 14.6. The Morgan fingerprint density at radius 2 is 0.500 bits per heavy atom. The van der Waals surface area contributed by atoms with Crippen LogP contribution in [-0.2, 0) is 0 Å². The molecule has 0 radical (unpaired) electrons. The molecular formula is C30H60. The molecule has 180 valence electrons. The van der Waals surface area contributed by atoms with Crippen molar-refractivity contribution in [3.05, 3.63) is 12.2 Å². The Morgan fingerprint density at radius 1 is 0.267 bits per heavy atom. The van der Waals surface area contributed by atoms with E-state index in [0.717, 1.165) is 0 Å². The standard InChI is InChI=1S/C30H60/c1-3-5-7-9-11-13-15-17-19-21-23-25-27-29-30-28-26-24-22-20-18-16-14-12-10-8-6-4-2/h9,11H,3-8,10,12-30H2,1-2H3. The second-order valence-corrected chi connectivity index (χ2v) is 9.83. The summed E-state index contributed by atoms with van der Waals surface area (Å²) in [6.07, 6.45) is 42.4. The van der Waals surface area contributed by atoms with Crippen LogP contribution in [-0.4, -0.2) is 0 Å². The monoisotopic (exact) mass is 420 g/mol. The largest absolute Gasteiger partial charge is 0.0885 e. The number of rotatable bonds is 26. The van der Waals surface area contributed by atoms with Crippen molar-refractivity contribution in [1.29, 1.82) is 0 Å². The predicted molar refractivity (Wildman–Crippen MR) is 141 cm³/mol. The smallest absolute Gasteiger partial charge is 0.0351 e. The van der Waals surface area contributed by atoms with Gasteiger partial charge in [-0.3, -0.25) is 0 Å². The summed E-state index contributed by atoms with van der Waals surface area (Å²) in [6.45, 7) is 4.58. The van der Waals surface area contributed by atoms with E-state index < -0.39 is 0 Å². The molecule has 0 saturated carbocycles. The number of hydrogen-bond acceptors (Lipinski definition) is 0. The zero-order valence-electron chi connectivity index (χ0n) is 21.5. The van der Waals surface area contributed by atoms with Crippen LogP contribution in [0.5, 0.6) is 0 Å². The third-order valence-corrected chi connectivity index (χ3v) is 6.62. The summed E-state index contributed by atoms with van der Waals surface area (Å²) >= 11 is 0. The summed E-state index contributed by atoms with van der Waals surface area (Å²) in [5.41, 5.74) is 0. The minimum absolute atomic E-state index is 1.29. The van der Waals surface area contributed by atoms with E-state index in [2.05, 4.69) is 26.0 Å². The zero-order chi connectivity index (χ0) is 21.8. The van der Waals surface area contributed by atoms with E-state index in [-0.39, 0.29) is 0 Å². The van der Waals surface area contributed by atoms with Crippen LogP contribution in [0, 0.1) is 0 Å². The van der Waals surface area contributed by atoms with Crippen molar-refractivity contribution in [2.45, 2.75) is 181 Å². The number of unbranched alkanes of at least 4 members (excludes halogenated alkanes) is 24. The molecule has 0 aromatic heterocycles. The maximum absolute atomic E-state index is 2.41. The van der Waals surface area contributed by atoms with E-state index >= 15 is 0 Å². The van der Waals surface area contributed by atoms with Crippen molar-refractivity contribution in [2.75, 3.05) is 0 Å². The molecule has 0 aliphatic heterocycles. The first-order valence-corrected chi connectivity index (χ1v) is 14.6. The molecule has 30 heavy (non-hydrogen) atoms. The van der Waals surface area contributed by atoms with Crippen LogP contribution in [0.25, 0.3) is 0 Å². The number of allylic oxidation sites excluding steroid dienone is 2. The highest BCUT2D eigenvalue weighted by Crippen LogP contribution is 2.15. The molecule has 0 unspecified atom stereocenters. The van der Waals surface area contributed by atoms with Gasteiger partial charge in [-0.05, 0) is 19.3 Å². The van der Waals surface area contributed by atoms with Gasteiger partial charge < -0.3 is 0 Å². The normalized spacial score (nSPS) is 11.7. The van der Waals surface area contributed by atoms with Crippen LogP contribution >= 0.6 is 0 Å². The quantitative estimate of drug-likeness (QED) is 0.0963. The van der Waals surface area contributed by atoms with Crippen LogP contribution in [0.4, 0.5) is 0 Å². The van der Waals surface area contributed by atoms with Crippen molar-refractivity contribution < 1.29 is 0 Å². The SMILES string of the molecule is CCCCC=CCCCCCCCCCCCCCCCCCCCCCCCC. The Morgan fingerprint density at radius 3 is 0.800 bits per heavy atom. The Balaban J connectivity index is 3.01. The van der Waals surface area contributed by atoms with Gasteiger partial charge in [0.1, 0.15) is 0 Å². The molecule has 0 heteroatoms. The van der Waals surface area contributed by atoms with E-state index in [1.165, 1.54) is 167 Å². The van der Waals surface area contributed by atoms with E-state index in [1.807, 2.05) is 0 Å². The third kappa shape index (κ3) is 27.7. The zero-order valence-corrected chi connectivity index (χ0v) is 21.5. The molecule has 0 aromatic rings. The van der Waals surface area contributed by atoms with Crippen molar-refractivity contribution in [2.24, 2.45) is 0 Å². The Bertz CT molecular complexity index is 303. The fourth-order valence-corrected chi connectivity index (χ4v) is 4.43. The average molecular weight is 421 g/mol. The predicted octanol–water partition coefficient (Wildman–Crippen LogP) is 11.7. The molecule has 0 amide bonds. The van der Waals surface area contributed by atoms with E-state index in [1.54, 1.807) is 0 Å². The fourth-order valence-electron chi connectivity index (χ4n) is 4.43. The van der Waals surface area contributed by atoms with E-state index in [0.29, 0.717) is 0 Å². The lowest BCUT2D eigenvalue weighted by molar-refractivity contribution is 0.519. The van der Waals surface area contributed by atoms with Gasteiger partial charge in [-0.2, -0.15) is 0 Å². The molecule has 0 aliphatic carbocycles. The third-order valence-electron chi connectivity index (χ3n) is 6.62. The Labute approximate surface area is 193 Å². The van der Waals surface area contributed by atoms with Gasteiger partial charge in [0.05, 0.1) is 0 Å². The molecule has 0 heterocycles. The molecule has 0 N–H and O–H groups in total. The van der Waals surface area contributed by atoms with Crippen LogP contribution in [0.3, 0.4) is 0 Å². The summed E-state index contributed by atoms with van der Waals surface area (Å²) in [5.74, 6) is 0. The van der Waals surface area contributed by atoms with Gasteiger partial charge in [-0.1, -0.05) is 174 Å². The topological polar surface area (TPSA) is 0 Å². The van der Waals surface area contributed by atoms with Crippen molar-refractivity contribution in [3.8, 4) is 0 Å². The molecule has 0 aliphatic rings. The molecule has 0 bridgehead atoms.